The van der Waals surface area contributed by atoms with E-state index in [9.17, 15) is 0 Å². The second-order valence-electron chi connectivity index (χ2n) is 3.57. The fourth-order valence-electron chi connectivity index (χ4n) is 1.71. The van der Waals surface area contributed by atoms with Gasteiger partial charge in [0.25, 0.3) is 0 Å². The number of aromatic nitrogens is 2. The van der Waals surface area contributed by atoms with Crippen LogP contribution in [0.15, 0.2) is 36.7 Å². The van der Waals surface area contributed by atoms with Crippen LogP contribution in [-0.2, 0) is 0 Å². The van der Waals surface area contributed by atoms with Gasteiger partial charge in [-0.2, -0.15) is 5.10 Å². The molecule has 0 aliphatic heterocycles. The molecule has 0 saturated carbocycles. The van der Waals surface area contributed by atoms with Crippen molar-refractivity contribution in [2.75, 3.05) is 6.54 Å². The monoisotopic (exact) mass is 235 g/mol. The molecule has 0 aliphatic rings. The second-order valence-corrected chi connectivity index (χ2v) is 4.01. The summed E-state index contributed by atoms with van der Waals surface area (Å²) in [6.07, 6.45) is 3.74. The first-order valence-corrected chi connectivity index (χ1v) is 5.66. The van der Waals surface area contributed by atoms with Crippen molar-refractivity contribution < 1.29 is 0 Å². The van der Waals surface area contributed by atoms with E-state index in [0.29, 0.717) is 0 Å². The summed E-state index contributed by atoms with van der Waals surface area (Å²) in [4.78, 5) is 0. The average Bonchev–Trinajstić information content (AvgIpc) is 2.81. The first-order chi connectivity index (χ1) is 7.81. The van der Waals surface area contributed by atoms with Gasteiger partial charge in [-0.25, -0.2) is 0 Å². The van der Waals surface area contributed by atoms with Crippen LogP contribution in [0.1, 0.15) is 24.1 Å². The summed E-state index contributed by atoms with van der Waals surface area (Å²) in [6.45, 7) is 2.99. The lowest BCUT2D eigenvalue weighted by atomic mass is 10.0. The van der Waals surface area contributed by atoms with E-state index in [-0.39, 0.29) is 6.04 Å². The molecule has 1 aromatic heterocycles. The Morgan fingerprint density at radius 2 is 2.06 bits per heavy atom. The number of aromatic amines is 1. The topological polar surface area (TPSA) is 40.7 Å². The summed E-state index contributed by atoms with van der Waals surface area (Å²) in [6, 6.07) is 8.04. The summed E-state index contributed by atoms with van der Waals surface area (Å²) in [5, 5.41) is 11.0. The third-order valence-electron chi connectivity index (χ3n) is 2.46. The molecule has 16 heavy (non-hydrogen) atoms. The SMILES string of the molecule is CCNC(c1ccc(Cl)cc1)c1cn[nH]c1. The zero-order chi connectivity index (χ0) is 11.4. The third-order valence-corrected chi connectivity index (χ3v) is 2.72. The summed E-state index contributed by atoms with van der Waals surface area (Å²) < 4.78 is 0. The molecule has 1 aromatic carbocycles. The van der Waals surface area contributed by atoms with Crippen LogP contribution in [0.4, 0.5) is 0 Å². The molecule has 3 nitrogen and oxygen atoms in total. The zero-order valence-electron chi connectivity index (χ0n) is 9.07. The molecule has 2 aromatic rings. The van der Waals surface area contributed by atoms with Crippen LogP contribution in [0, 0.1) is 0 Å². The van der Waals surface area contributed by atoms with Gasteiger partial charge >= 0.3 is 0 Å². The Morgan fingerprint density at radius 3 is 2.62 bits per heavy atom. The van der Waals surface area contributed by atoms with Gasteiger partial charge in [0.1, 0.15) is 0 Å². The Morgan fingerprint density at radius 1 is 1.31 bits per heavy atom. The number of nitrogens with zero attached hydrogens (tertiary/aromatic N) is 1. The van der Waals surface area contributed by atoms with Crippen LogP contribution in [0.2, 0.25) is 5.02 Å². The van der Waals surface area contributed by atoms with Crippen molar-refractivity contribution in [3.63, 3.8) is 0 Å². The van der Waals surface area contributed by atoms with Crippen LogP contribution < -0.4 is 5.32 Å². The first-order valence-electron chi connectivity index (χ1n) is 5.28. The molecular weight excluding hydrogens is 222 g/mol. The predicted octanol–water partition coefficient (Wildman–Crippen LogP) is 2.76. The Hall–Kier alpha value is -1.32. The van der Waals surface area contributed by atoms with Gasteiger partial charge < -0.3 is 5.32 Å². The van der Waals surface area contributed by atoms with Crippen LogP contribution in [0.3, 0.4) is 0 Å². The highest BCUT2D eigenvalue weighted by Gasteiger charge is 2.13. The highest BCUT2D eigenvalue weighted by Crippen LogP contribution is 2.22. The van der Waals surface area contributed by atoms with E-state index >= 15 is 0 Å². The van der Waals surface area contributed by atoms with Crippen molar-refractivity contribution in [3.05, 3.63) is 52.8 Å². The smallest absolute Gasteiger partial charge is 0.0607 e. The van der Waals surface area contributed by atoms with Crippen molar-refractivity contribution in [2.24, 2.45) is 0 Å². The summed E-state index contributed by atoms with van der Waals surface area (Å²) in [7, 11) is 0. The number of hydrogen-bond acceptors (Lipinski definition) is 2. The van der Waals surface area contributed by atoms with Gasteiger partial charge in [-0.3, -0.25) is 5.10 Å². The quantitative estimate of drug-likeness (QED) is 0.856. The molecule has 0 aliphatic carbocycles. The minimum absolute atomic E-state index is 0.168. The average molecular weight is 236 g/mol. The molecule has 0 bridgehead atoms. The highest BCUT2D eigenvalue weighted by molar-refractivity contribution is 6.30. The number of nitrogens with one attached hydrogen (secondary N) is 2. The Labute approximate surface area is 99.8 Å². The van der Waals surface area contributed by atoms with Crippen molar-refractivity contribution in [1.29, 1.82) is 0 Å². The van der Waals surface area contributed by atoms with Crippen molar-refractivity contribution in [2.45, 2.75) is 13.0 Å². The second kappa shape index (κ2) is 5.14. The van der Waals surface area contributed by atoms with Gasteiger partial charge in [-0.1, -0.05) is 30.7 Å². The van der Waals surface area contributed by atoms with Crippen molar-refractivity contribution >= 4 is 11.6 Å². The van der Waals surface area contributed by atoms with E-state index in [2.05, 4.69) is 22.4 Å². The normalized spacial score (nSPS) is 12.6. The lowest BCUT2D eigenvalue weighted by molar-refractivity contribution is 0.631. The molecule has 1 atom stereocenters. The van der Waals surface area contributed by atoms with Gasteiger partial charge in [0, 0.05) is 16.8 Å². The maximum absolute atomic E-state index is 5.88. The van der Waals surface area contributed by atoms with E-state index in [0.717, 1.165) is 17.1 Å². The molecule has 1 heterocycles. The third kappa shape index (κ3) is 2.43. The maximum Gasteiger partial charge on any atom is 0.0607 e. The van der Waals surface area contributed by atoms with Crippen molar-refractivity contribution in [1.82, 2.24) is 15.5 Å². The van der Waals surface area contributed by atoms with Crippen LogP contribution in [0.5, 0.6) is 0 Å². The number of hydrogen-bond donors (Lipinski definition) is 2. The minimum Gasteiger partial charge on any atom is -0.306 e. The lowest BCUT2D eigenvalue weighted by Crippen LogP contribution is -2.21. The molecule has 0 fully saturated rings. The molecule has 84 valence electrons. The van der Waals surface area contributed by atoms with Gasteiger partial charge in [0.15, 0.2) is 0 Å². The first kappa shape index (κ1) is 11.2. The number of halogens is 1. The van der Waals surface area contributed by atoms with E-state index in [1.807, 2.05) is 36.7 Å². The molecule has 2 N–H and O–H groups in total. The Bertz CT molecular complexity index is 422. The van der Waals surface area contributed by atoms with E-state index in [4.69, 9.17) is 11.6 Å². The Balaban J connectivity index is 2.29. The molecule has 0 spiro atoms. The fraction of sp³-hybridized carbons (Fsp3) is 0.250. The number of rotatable bonds is 4. The Kier molecular flexibility index (Phi) is 3.59. The number of benzene rings is 1. The van der Waals surface area contributed by atoms with E-state index < -0.39 is 0 Å². The molecule has 0 amide bonds. The van der Waals surface area contributed by atoms with E-state index in [1.165, 1.54) is 5.56 Å². The van der Waals surface area contributed by atoms with Crippen LogP contribution in [0.25, 0.3) is 0 Å². The maximum atomic E-state index is 5.88. The summed E-state index contributed by atoms with van der Waals surface area (Å²) in [5.74, 6) is 0. The summed E-state index contributed by atoms with van der Waals surface area (Å²) in [5.41, 5.74) is 2.32. The molecule has 0 saturated heterocycles. The molecule has 0 radical (unpaired) electrons. The molecular formula is C12H14ClN3. The van der Waals surface area contributed by atoms with E-state index in [1.54, 1.807) is 0 Å². The van der Waals surface area contributed by atoms with Gasteiger partial charge in [0.2, 0.25) is 0 Å². The molecule has 1 unspecified atom stereocenters. The van der Waals surface area contributed by atoms with Crippen molar-refractivity contribution in [3.8, 4) is 0 Å². The predicted molar refractivity (Wildman–Crippen MR) is 65.6 cm³/mol. The number of H-pyrrole nitrogens is 1. The fourth-order valence-corrected chi connectivity index (χ4v) is 1.83. The van der Waals surface area contributed by atoms with Gasteiger partial charge in [-0.05, 0) is 24.2 Å². The largest absolute Gasteiger partial charge is 0.306 e. The highest BCUT2D eigenvalue weighted by atomic mass is 35.5. The lowest BCUT2D eigenvalue weighted by Gasteiger charge is -2.16. The van der Waals surface area contributed by atoms with Gasteiger partial charge in [-0.15, -0.1) is 0 Å². The minimum atomic E-state index is 0.168. The zero-order valence-corrected chi connectivity index (χ0v) is 9.83. The standard InChI is InChI=1S/C12H14ClN3/c1-2-14-12(10-7-15-16-8-10)9-3-5-11(13)6-4-9/h3-8,12,14H,2H2,1H3,(H,15,16). The summed E-state index contributed by atoms with van der Waals surface area (Å²) >= 11 is 5.88. The van der Waals surface area contributed by atoms with Crippen LogP contribution in [-0.4, -0.2) is 16.7 Å². The molecule has 2 rings (SSSR count). The van der Waals surface area contributed by atoms with Crippen LogP contribution >= 0.6 is 11.6 Å². The van der Waals surface area contributed by atoms with Gasteiger partial charge in [0.05, 0.1) is 12.2 Å². The molecule has 4 heteroatoms.